The van der Waals surface area contributed by atoms with E-state index in [2.05, 4.69) is 5.10 Å². The monoisotopic (exact) mass is 334 g/mol. The van der Waals surface area contributed by atoms with Crippen LogP contribution in [0.5, 0.6) is 0 Å². The number of nitrogens with zero attached hydrogens (tertiary/aromatic N) is 2. The van der Waals surface area contributed by atoms with Gasteiger partial charge in [-0.25, -0.2) is 9.48 Å². The molecule has 0 N–H and O–H groups in total. The number of ether oxygens (including phenoxy) is 1. The molecule has 25 heavy (non-hydrogen) atoms. The number of carbonyl (C=O) groups is 2. The van der Waals surface area contributed by atoms with Gasteiger partial charge in [-0.05, 0) is 61.4 Å². The van der Waals surface area contributed by atoms with Gasteiger partial charge in [-0.2, -0.15) is 5.10 Å². The molecule has 5 nitrogen and oxygen atoms in total. The minimum Gasteiger partial charge on any atom is -0.454 e. The molecule has 0 spiro atoms. The van der Waals surface area contributed by atoms with Crippen LogP contribution in [0.1, 0.15) is 31.8 Å². The van der Waals surface area contributed by atoms with Crippen LogP contribution in [-0.4, -0.2) is 28.1 Å². The number of rotatable bonds is 5. The fraction of sp³-hybridized carbons (Fsp3) is 0.150. The molecule has 1 heterocycles. The second-order valence-corrected chi connectivity index (χ2v) is 5.80. The van der Waals surface area contributed by atoms with E-state index in [4.69, 9.17) is 4.74 Å². The summed E-state index contributed by atoms with van der Waals surface area (Å²) in [5.41, 5.74) is 3.93. The lowest BCUT2D eigenvalue weighted by Gasteiger charge is -2.07. The molecule has 0 unspecified atom stereocenters. The lowest BCUT2D eigenvalue weighted by Crippen LogP contribution is -2.14. The molecular weight excluding hydrogens is 316 g/mol. The Balaban J connectivity index is 1.62. The molecule has 3 aromatic rings. The summed E-state index contributed by atoms with van der Waals surface area (Å²) in [6.07, 6.45) is 3.50. The number of hydrogen-bond donors (Lipinski definition) is 0. The molecule has 0 saturated heterocycles. The number of esters is 1. The number of aromatic nitrogens is 2. The molecule has 0 aliphatic rings. The molecule has 1 aromatic heterocycles. The third-order valence-electron chi connectivity index (χ3n) is 4.04. The predicted molar refractivity (Wildman–Crippen MR) is 94.1 cm³/mol. The number of benzene rings is 2. The normalized spacial score (nSPS) is 10.5. The summed E-state index contributed by atoms with van der Waals surface area (Å²) in [5.74, 6) is -0.742. The average molecular weight is 334 g/mol. The Morgan fingerprint density at radius 2 is 1.72 bits per heavy atom. The van der Waals surface area contributed by atoms with Gasteiger partial charge in [0.05, 0.1) is 11.3 Å². The van der Waals surface area contributed by atoms with Gasteiger partial charge in [0.2, 0.25) is 0 Å². The highest BCUT2D eigenvalue weighted by molar-refractivity contribution is 5.99. The molecule has 0 aliphatic heterocycles. The molecule has 0 bridgehead atoms. The van der Waals surface area contributed by atoms with Crippen molar-refractivity contribution >= 4 is 11.8 Å². The van der Waals surface area contributed by atoms with Crippen molar-refractivity contribution in [2.45, 2.75) is 13.8 Å². The largest absolute Gasteiger partial charge is 0.454 e. The summed E-state index contributed by atoms with van der Waals surface area (Å²) in [4.78, 5) is 24.3. The maximum absolute atomic E-state index is 12.2. The van der Waals surface area contributed by atoms with E-state index in [0.717, 1.165) is 16.8 Å². The highest BCUT2D eigenvalue weighted by atomic mass is 16.5. The van der Waals surface area contributed by atoms with Crippen molar-refractivity contribution in [3.8, 4) is 5.69 Å². The number of ketones is 1. The fourth-order valence-electron chi connectivity index (χ4n) is 2.38. The van der Waals surface area contributed by atoms with Crippen LogP contribution in [0.4, 0.5) is 0 Å². The maximum atomic E-state index is 12.2. The van der Waals surface area contributed by atoms with Crippen molar-refractivity contribution in [3.05, 3.63) is 83.2 Å². The van der Waals surface area contributed by atoms with Crippen LogP contribution in [0.3, 0.4) is 0 Å². The van der Waals surface area contributed by atoms with Crippen molar-refractivity contribution in [2.24, 2.45) is 0 Å². The highest BCUT2D eigenvalue weighted by Gasteiger charge is 2.12. The Hall–Kier alpha value is -3.21. The zero-order valence-electron chi connectivity index (χ0n) is 14.1. The van der Waals surface area contributed by atoms with Crippen LogP contribution in [-0.2, 0) is 4.74 Å². The van der Waals surface area contributed by atoms with E-state index < -0.39 is 5.97 Å². The molecule has 2 aromatic carbocycles. The standard InChI is InChI=1S/C20H18N2O3/c1-14-4-5-17(12-15(14)2)19(23)13-25-20(24)16-6-8-18(9-7-16)22-11-3-10-21-22/h3-12H,13H2,1-2H3. The van der Waals surface area contributed by atoms with Gasteiger partial charge in [0.25, 0.3) is 0 Å². The van der Waals surface area contributed by atoms with E-state index in [0.29, 0.717) is 11.1 Å². The topological polar surface area (TPSA) is 61.2 Å². The van der Waals surface area contributed by atoms with E-state index in [1.165, 1.54) is 0 Å². The van der Waals surface area contributed by atoms with Crippen LogP contribution in [0.2, 0.25) is 0 Å². The van der Waals surface area contributed by atoms with Gasteiger partial charge in [0, 0.05) is 18.0 Å². The first-order valence-corrected chi connectivity index (χ1v) is 7.92. The van der Waals surface area contributed by atoms with Gasteiger partial charge in [-0.1, -0.05) is 12.1 Å². The van der Waals surface area contributed by atoms with E-state index in [1.54, 1.807) is 41.2 Å². The summed E-state index contributed by atoms with van der Waals surface area (Å²) in [6, 6.07) is 14.1. The summed E-state index contributed by atoms with van der Waals surface area (Å²) in [5, 5.41) is 4.12. The molecule has 0 amide bonds. The van der Waals surface area contributed by atoms with Crippen LogP contribution in [0.15, 0.2) is 60.9 Å². The number of Topliss-reactive ketones (excluding diaryl/α,β-unsaturated/α-hetero) is 1. The third kappa shape index (κ3) is 3.83. The van der Waals surface area contributed by atoms with E-state index in [9.17, 15) is 9.59 Å². The fourth-order valence-corrected chi connectivity index (χ4v) is 2.38. The third-order valence-corrected chi connectivity index (χ3v) is 4.04. The van der Waals surface area contributed by atoms with Crippen molar-refractivity contribution < 1.29 is 14.3 Å². The minimum absolute atomic E-state index is 0.218. The Bertz CT molecular complexity index is 897. The van der Waals surface area contributed by atoms with Gasteiger partial charge >= 0.3 is 5.97 Å². The Morgan fingerprint density at radius 1 is 1.00 bits per heavy atom. The zero-order chi connectivity index (χ0) is 17.8. The van der Waals surface area contributed by atoms with Gasteiger partial charge in [-0.3, -0.25) is 4.79 Å². The van der Waals surface area contributed by atoms with Crippen LogP contribution in [0, 0.1) is 13.8 Å². The summed E-state index contributed by atoms with van der Waals surface area (Å²) >= 11 is 0. The molecule has 0 fully saturated rings. The summed E-state index contributed by atoms with van der Waals surface area (Å²) in [6.45, 7) is 3.65. The quantitative estimate of drug-likeness (QED) is 0.529. The van der Waals surface area contributed by atoms with Crippen LogP contribution >= 0.6 is 0 Å². The van der Waals surface area contributed by atoms with Crippen LogP contribution < -0.4 is 0 Å². The summed E-state index contributed by atoms with van der Waals surface area (Å²) in [7, 11) is 0. The van der Waals surface area contributed by atoms with Gasteiger partial charge in [-0.15, -0.1) is 0 Å². The molecule has 3 rings (SSSR count). The minimum atomic E-state index is -0.524. The first kappa shape index (κ1) is 16.6. The molecule has 0 radical (unpaired) electrons. The van der Waals surface area contributed by atoms with Gasteiger partial charge in [0.15, 0.2) is 12.4 Å². The maximum Gasteiger partial charge on any atom is 0.338 e. The van der Waals surface area contributed by atoms with Crippen molar-refractivity contribution in [1.29, 1.82) is 0 Å². The molecule has 5 heteroatoms. The smallest absolute Gasteiger partial charge is 0.338 e. The first-order chi connectivity index (χ1) is 12.0. The van der Waals surface area contributed by atoms with E-state index in [-0.39, 0.29) is 12.4 Å². The molecular formula is C20H18N2O3. The second kappa shape index (κ2) is 7.13. The highest BCUT2D eigenvalue weighted by Crippen LogP contribution is 2.12. The van der Waals surface area contributed by atoms with E-state index in [1.807, 2.05) is 38.2 Å². The Morgan fingerprint density at radius 3 is 2.36 bits per heavy atom. The number of hydrogen-bond acceptors (Lipinski definition) is 4. The van der Waals surface area contributed by atoms with Gasteiger partial charge in [0.1, 0.15) is 0 Å². The molecule has 126 valence electrons. The lowest BCUT2D eigenvalue weighted by atomic mass is 10.0. The average Bonchev–Trinajstić information content (AvgIpc) is 3.16. The number of carbonyl (C=O) groups excluding carboxylic acids is 2. The van der Waals surface area contributed by atoms with Gasteiger partial charge < -0.3 is 4.74 Å². The molecule has 0 atom stereocenters. The van der Waals surface area contributed by atoms with Crippen molar-refractivity contribution in [2.75, 3.05) is 6.61 Å². The Labute approximate surface area is 145 Å². The van der Waals surface area contributed by atoms with Crippen molar-refractivity contribution in [3.63, 3.8) is 0 Å². The predicted octanol–water partition coefficient (Wildman–Crippen LogP) is 3.53. The van der Waals surface area contributed by atoms with Crippen LogP contribution in [0.25, 0.3) is 5.69 Å². The number of aryl methyl sites for hydroxylation is 2. The first-order valence-electron chi connectivity index (χ1n) is 7.92. The second-order valence-electron chi connectivity index (χ2n) is 5.80. The SMILES string of the molecule is Cc1ccc(C(=O)COC(=O)c2ccc(-n3cccn3)cc2)cc1C. The zero-order valence-corrected chi connectivity index (χ0v) is 14.1. The lowest BCUT2D eigenvalue weighted by molar-refractivity contribution is 0.0475. The molecule has 0 aliphatic carbocycles. The Kier molecular flexibility index (Phi) is 4.75. The van der Waals surface area contributed by atoms with Crippen molar-refractivity contribution in [1.82, 2.24) is 9.78 Å². The van der Waals surface area contributed by atoms with E-state index >= 15 is 0 Å². The summed E-state index contributed by atoms with van der Waals surface area (Å²) < 4.78 is 6.83. The molecule has 0 saturated carbocycles.